The average molecular weight is 845 g/mol. The minimum atomic E-state index is -1.12. The second-order valence-corrected chi connectivity index (χ2v) is 16.7. The molecule has 0 aliphatic carbocycles. The summed E-state index contributed by atoms with van der Waals surface area (Å²) in [5, 5.41) is 15.5. The molecule has 3 aromatic carbocycles. The molecule has 15 nitrogen and oxygen atoms in total. The molecule has 62 heavy (non-hydrogen) atoms. The fourth-order valence-electron chi connectivity index (χ4n) is 9.66. The molecule has 0 spiro atoms. The number of rotatable bonds is 7. The first-order valence-electron chi connectivity index (χ1n) is 21.1. The van der Waals surface area contributed by atoms with Crippen LogP contribution in [0.25, 0.3) is 10.9 Å². The van der Waals surface area contributed by atoms with Crippen LogP contribution in [0.15, 0.2) is 60.8 Å². The van der Waals surface area contributed by atoms with Crippen molar-refractivity contribution in [3.05, 3.63) is 89.1 Å². The van der Waals surface area contributed by atoms with Crippen molar-refractivity contribution in [1.82, 2.24) is 25.0 Å². The van der Waals surface area contributed by atoms with Crippen LogP contribution in [-0.4, -0.2) is 127 Å². The second kappa shape index (κ2) is 16.7. The number of aromatic nitrogens is 1. The number of nitrogens with one attached hydrogen (secondary N) is 2. The number of carbonyl (C=O) groups is 5. The van der Waals surface area contributed by atoms with Crippen LogP contribution in [0, 0.1) is 28.9 Å². The fraction of sp³-hybridized carbons (Fsp3) is 0.400. The molecule has 320 valence electrons. The number of piperidine rings is 2. The van der Waals surface area contributed by atoms with Gasteiger partial charge in [-0.05, 0) is 86.7 Å². The van der Waals surface area contributed by atoms with Gasteiger partial charge in [-0.15, -0.1) is 0 Å². The molecule has 2 N–H and O–H groups in total. The Hall–Kier alpha value is -6.67. The predicted molar refractivity (Wildman–Crippen MR) is 227 cm³/mol. The summed E-state index contributed by atoms with van der Waals surface area (Å²) in [4.78, 5) is 79.3. The number of carbonyl (C=O) groups excluding carboxylic acids is 5. The lowest BCUT2D eigenvalue weighted by molar-refractivity contribution is -0.136. The van der Waals surface area contributed by atoms with E-state index in [4.69, 9.17) is 0 Å². The van der Waals surface area contributed by atoms with Crippen molar-refractivity contribution >= 4 is 63.3 Å². The van der Waals surface area contributed by atoms with Gasteiger partial charge in [0.2, 0.25) is 11.8 Å². The normalized spacial score (nSPS) is 21.4. The number of hydrogen-bond donors (Lipinski definition) is 2. The third-order valence-corrected chi connectivity index (χ3v) is 13.0. The Morgan fingerprint density at radius 3 is 2.26 bits per heavy atom. The van der Waals surface area contributed by atoms with Gasteiger partial charge in [0.15, 0.2) is 0 Å². The second-order valence-electron chi connectivity index (χ2n) is 16.7. The number of benzene rings is 3. The number of anilines is 4. The van der Waals surface area contributed by atoms with Crippen LogP contribution in [0.3, 0.4) is 0 Å². The number of halogens is 2. The van der Waals surface area contributed by atoms with Gasteiger partial charge in [-0.3, -0.25) is 39.3 Å². The van der Waals surface area contributed by atoms with Crippen LogP contribution >= 0.6 is 0 Å². The summed E-state index contributed by atoms with van der Waals surface area (Å²) in [5.41, 5.74) is 3.22. The van der Waals surface area contributed by atoms with E-state index in [0.717, 1.165) is 41.4 Å². The molecule has 0 saturated carbocycles. The Balaban J connectivity index is 0.741. The van der Waals surface area contributed by atoms with Crippen LogP contribution in [0.4, 0.5) is 36.3 Å². The van der Waals surface area contributed by atoms with Crippen molar-refractivity contribution in [2.24, 2.45) is 5.92 Å². The van der Waals surface area contributed by atoms with Gasteiger partial charge in [0.05, 0.1) is 33.6 Å². The van der Waals surface area contributed by atoms with Crippen molar-refractivity contribution in [2.75, 3.05) is 85.5 Å². The zero-order valence-electron chi connectivity index (χ0n) is 34.3. The molecule has 0 bridgehead atoms. The maximum atomic E-state index is 15.6. The van der Waals surface area contributed by atoms with Crippen LogP contribution in [-0.2, 0) is 9.59 Å². The Morgan fingerprint density at radius 1 is 0.839 bits per heavy atom. The zero-order valence-corrected chi connectivity index (χ0v) is 34.3. The molecule has 6 amide bonds. The third-order valence-electron chi connectivity index (χ3n) is 13.0. The molecule has 4 fully saturated rings. The molecular weight excluding hydrogens is 799 g/mol. The number of hydrogen-bond acceptors (Lipinski definition) is 11. The van der Waals surface area contributed by atoms with Crippen molar-refractivity contribution < 1.29 is 32.8 Å². The first kappa shape index (κ1) is 40.7. The molecule has 5 aliphatic heterocycles. The number of urea groups is 1. The van der Waals surface area contributed by atoms with Crippen molar-refractivity contribution in [3.8, 4) is 6.07 Å². The van der Waals surface area contributed by atoms with E-state index in [0.29, 0.717) is 87.3 Å². The van der Waals surface area contributed by atoms with E-state index in [1.807, 2.05) is 28.0 Å². The number of fused-ring (bicyclic) bond motifs is 2. The number of piperazine rings is 2. The first-order chi connectivity index (χ1) is 30.0. The Kier molecular flexibility index (Phi) is 10.9. The van der Waals surface area contributed by atoms with E-state index in [-0.39, 0.29) is 41.7 Å². The molecule has 1 unspecified atom stereocenters. The van der Waals surface area contributed by atoms with Gasteiger partial charge < -0.3 is 24.9 Å². The number of nitriles is 1. The summed E-state index contributed by atoms with van der Waals surface area (Å²) in [6, 6.07) is 15.6. The van der Waals surface area contributed by atoms with Gasteiger partial charge in [0, 0.05) is 101 Å². The molecule has 9 rings (SSSR count). The van der Waals surface area contributed by atoms with Crippen molar-refractivity contribution in [2.45, 2.75) is 44.7 Å². The van der Waals surface area contributed by atoms with E-state index in [1.54, 1.807) is 29.3 Å². The van der Waals surface area contributed by atoms with Crippen molar-refractivity contribution in [3.63, 3.8) is 0 Å². The topological polar surface area (TPSA) is 166 Å². The SMILES string of the molecule is C[C@H]1CN(C(=O)Nc2ccc(N3CCC(CN4CCN(c5cc6c(cc5F)C(=O)N(C5CCC(=O)NC5=O)C6=O)CC4)CC3)c(F)c2)CCN1c1ccc(C#N)c2ncccc12. The monoisotopic (exact) mass is 844 g/mol. The largest absolute Gasteiger partial charge is 0.369 e. The average Bonchev–Trinajstić information content (AvgIpc) is 3.50. The van der Waals surface area contributed by atoms with Crippen LogP contribution < -0.4 is 25.3 Å². The molecule has 1 aromatic heterocycles. The maximum Gasteiger partial charge on any atom is 0.321 e. The van der Waals surface area contributed by atoms with E-state index < -0.39 is 41.3 Å². The third kappa shape index (κ3) is 7.63. The van der Waals surface area contributed by atoms with E-state index in [9.17, 15) is 29.2 Å². The molecule has 4 saturated heterocycles. The van der Waals surface area contributed by atoms with E-state index >= 15 is 8.78 Å². The molecule has 5 aliphatic rings. The molecule has 0 radical (unpaired) electrons. The van der Waals surface area contributed by atoms with Crippen LogP contribution in [0.2, 0.25) is 0 Å². The quantitative estimate of drug-likeness (QED) is 0.251. The van der Waals surface area contributed by atoms with Crippen molar-refractivity contribution in [1.29, 1.82) is 5.26 Å². The Bertz CT molecular complexity index is 2530. The molecule has 17 heteroatoms. The highest BCUT2D eigenvalue weighted by atomic mass is 19.1. The minimum Gasteiger partial charge on any atom is -0.369 e. The highest BCUT2D eigenvalue weighted by Gasteiger charge is 2.45. The molecule has 2 atom stereocenters. The van der Waals surface area contributed by atoms with Gasteiger partial charge in [0.1, 0.15) is 23.7 Å². The highest BCUT2D eigenvalue weighted by Crippen LogP contribution is 2.35. The van der Waals surface area contributed by atoms with Gasteiger partial charge in [-0.2, -0.15) is 5.26 Å². The minimum absolute atomic E-state index is 0.00286. The highest BCUT2D eigenvalue weighted by molar-refractivity contribution is 6.23. The lowest BCUT2D eigenvalue weighted by Crippen LogP contribution is -2.54. The summed E-state index contributed by atoms with van der Waals surface area (Å²) in [6.45, 7) is 8.17. The van der Waals surface area contributed by atoms with E-state index in [2.05, 4.69) is 38.4 Å². The van der Waals surface area contributed by atoms with Gasteiger partial charge in [-0.1, -0.05) is 0 Å². The summed E-state index contributed by atoms with van der Waals surface area (Å²) in [7, 11) is 0. The number of nitrogens with zero attached hydrogens (tertiary/aromatic N) is 8. The Morgan fingerprint density at radius 2 is 1.55 bits per heavy atom. The summed E-state index contributed by atoms with van der Waals surface area (Å²) in [6.07, 6.45) is 3.45. The smallest absolute Gasteiger partial charge is 0.321 e. The summed E-state index contributed by atoms with van der Waals surface area (Å²) < 4.78 is 31.1. The Labute approximate surface area is 356 Å². The molecular formula is C45H46F2N10O5. The number of imide groups is 2. The van der Waals surface area contributed by atoms with Gasteiger partial charge in [-0.25, -0.2) is 13.6 Å². The molecule has 6 heterocycles. The number of pyridine rings is 1. The summed E-state index contributed by atoms with van der Waals surface area (Å²) >= 11 is 0. The lowest BCUT2D eigenvalue weighted by atomic mass is 9.95. The lowest BCUT2D eigenvalue weighted by Gasteiger charge is -2.41. The standard InChI is InChI=1S/C45H46F2N10O5/c1-27-25-55(19-20-56(27)36-6-4-29(24-48)41-31(36)3-2-12-49-41)45(62)50-30-5-7-37(34(46)21-30)53-13-10-28(11-14-53)26-52-15-17-54(18-16-52)39-23-33-32(22-35(39)47)43(60)57(44(33)61)38-8-9-40(58)51-42(38)59/h2-7,12,21-23,27-28,38H,8-11,13-20,25-26H2,1H3,(H,50,62)(H,51,58,59)/t27-,38?/m0/s1. The van der Waals surface area contributed by atoms with Gasteiger partial charge >= 0.3 is 6.03 Å². The maximum absolute atomic E-state index is 15.6. The van der Waals surface area contributed by atoms with Gasteiger partial charge in [0.25, 0.3) is 11.8 Å². The summed E-state index contributed by atoms with van der Waals surface area (Å²) in [5.74, 6) is -3.20. The van der Waals surface area contributed by atoms with Crippen LogP contribution in [0.5, 0.6) is 0 Å². The fourth-order valence-corrected chi connectivity index (χ4v) is 9.66. The number of amides is 6. The molecule has 4 aromatic rings. The predicted octanol–water partition coefficient (Wildman–Crippen LogP) is 4.57. The first-order valence-corrected chi connectivity index (χ1v) is 21.1. The van der Waals surface area contributed by atoms with E-state index in [1.165, 1.54) is 12.1 Å². The van der Waals surface area contributed by atoms with Crippen LogP contribution in [0.1, 0.15) is 58.9 Å². The zero-order chi connectivity index (χ0) is 43.2.